The summed E-state index contributed by atoms with van der Waals surface area (Å²) in [5.41, 5.74) is 2.56. The zero-order chi connectivity index (χ0) is 13.5. The SMILES string of the molecule is Clc1cc2c(c(CN3CCCC4CNCC43)c1)OCC2. The quantitative estimate of drug-likeness (QED) is 0.906. The summed E-state index contributed by atoms with van der Waals surface area (Å²) in [6.07, 6.45) is 3.68. The molecule has 3 nitrogen and oxygen atoms in total. The van der Waals surface area contributed by atoms with E-state index in [4.69, 9.17) is 16.3 Å². The van der Waals surface area contributed by atoms with Gasteiger partial charge in [0, 0.05) is 36.1 Å². The van der Waals surface area contributed by atoms with Crippen LogP contribution in [-0.4, -0.2) is 37.2 Å². The Hall–Kier alpha value is -0.770. The van der Waals surface area contributed by atoms with Crippen molar-refractivity contribution in [3.05, 3.63) is 28.3 Å². The molecule has 2 unspecified atom stereocenters. The summed E-state index contributed by atoms with van der Waals surface area (Å²) in [6, 6.07) is 4.85. The van der Waals surface area contributed by atoms with Gasteiger partial charge in [-0.1, -0.05) is 11.6 Å². The van der Waals surface area contributed by atoms with E-state index in [1.807, 2.05) is 0 Å². The molecule has 1 aromatic carbocycles. The number of nitrogens with zero attached hydrogens (tertiary/aromatic N) is 1. The van der Waals surface area contributed by atoms with E-state index in [2.05, 4.69) is 22.3 Å². The second kappa shape index (κ2) is 5.21. The Labute approximate surface area is 125 Å². The first kappa shape index (κ1) is 12.9. The predicted octanol–water partition coefficient (Wildman–Crippen LogP) is 2.46. The number of hydrogen-bond donors (Lipinski definition) is 1. The lowest BCUT2D eigenvalue weighted by molar-refractivity contribution is 0.116. The van der Waals surface area contributed by atoms with Crippen molar-refractivity contribution in [3.8, 4) is 5.75 Å². The summed E-state index contributed by atoms with van der Waals surface area (Å²) in [7, 11) is 0. The fourth-order valence-electron chi connectivity index (χ4n) is 4.04. The Morgan fingerprint density at radius 2 is 2.30 bits per heavy atom. The van der Waals surface area contributed by atoms with Crippen molar-refractivity contribution in [3.63, 3.8) is 0 Å². The van der Waals surface area contributed by atoms with Crippen molar-refractivity contribution < 1.29 is 4.74 Å². The van der Waals surface area contributed by atoms with Gasteiger partial charge < -0.3 is 10.1 Å². The smallest absolute Gasteiger partial charge is 0.127 e. The first-order chi connectivity index (χ1) is 9.81. The molecule has 0 amide bonds. The molecule has 0 aliphatic carbocycles. The van der Waals surface area contributed by atoms with Crippen LogP contribution >= 0.6 is 11.6 Å². The van der Waals surface area contributed by atoms with Gasteiger partial charge in [0.15, 0.2) is 0 Å². The van der Waals surface area contributed by atoms with Crippen LogP contribution in [0.5, 0.6) is 5.75 Å². The van der Waals surface area contributed by atoms with Gasteiger partial charge in [0.05, 0.1) is 6.61 Å². The molecule has 108 valence electrons. The van der Waals surface area contributed by atoms with Crippen LogP contribution in [0.2, 0.25) is 5.02 Å². The van der Waals surface area contributed by atoms with Crippen LogP contribution < -0.4 is 10.1 Å². The third kappa shape index (κ3) is 2.22. The summed E-state index contributed by atoms with van der Waals surface area (Å²) >= 11 is 6.27. The van der Waals surface area contributed by atoms with Crippen LogP contribution in [-0.2, 0) is 13.0 Å². The standard InChI is InChI=1S/C16H21ClN2O/c17-14-6-11-3-5-20-16(11)13(7-14)10-19-4-1-2-12-8-18-9-15(12)19/h6-7,12,15,18H,1-5,8-10H2. The molecule has 3 aliphatic heterocycles. The highest BCUT2D eigenvalue weighted by atomic mass is 35.5. The summed E-state index contributed by atoms with van der Waals surface area (Å²) in [4.78, 5) is 2.63. The van der Waals surface area contributed by atoms with E-state index in [0.717, 1.165) is 42.8 Å². The Bertz CT molecular complexity index is 519. The van der Waals surface area contributed by atoms with Crippen LogP contribution in [0.15, 0.2) is 12.1 Å². The van der Waals surface area contributed by atoms with Crippen LogP contribution in [0.4, 0.5) is 0 Å². The number of likely N-dealkylation sites (tertiary alicyclic amines) is 1. The van der Waals surface area contributed by atoms with E-state index >= 15 is 0 Å². The minimum atomic E-state index is 0.694. The van der Waals surface area contributed by atoms with Crippen molar-refractivity contribution in [2.75, 3.05) is 26.2 Å². The van der Waals surface area contributed by atoms with Crippen LogP contribution in [0.25, 0.3) is 0 Å². The highest BCUT2D eigenvalue weighted by Gasteiger charge is 2.35. The second-order valence-corrected chi connectivity index (χ2v) is 6.69. The first-order valence-corrected chi connectivity index (χ1v) is 8.08. The summed E-state index contributed by atoms with van der Waals surface area (Å²) in [5, 5.41) is 4.39. The molecule has 0 radical (unpaired) electrons. The van der Waals surface area contributed by atoms with Gasteiger partial charge in [-0.05, 0) is 49.5 Å². The second-order valence-electron chi connectivity index (χ2n) is 6.25. The molecule has 3 heterocycles. The number of benzene rings is 1. The van der Waals surface area contributed by atoms with E-state index < -0.39 is 0 Å². The molecule has 1 aromatic rings. The fourth-order valence-corrected chi connectivity index (χ4v) is 4.31. The van der Waals surface area contributed by atoms with E-state index in [-0.39, 0.29) is 0 Å². The monoisotopic (exact) mass is 292 g/mol. The average Bonchev–Trinajstić information content (AvgIpc) is 3.06. The summed E-state index contributed by atoms with van der Waals surface area (Å²) in [6.45, 7) is 5.30. The van der Waals surface area contributed by atoms with Gasteiger partial charge in [0.2, 0.25) is 0 Å². The summed E-state index contributed by atoms with van der Waals surface area (Å²) < 4.78 is 5.84. The Kier molecular flexibility index (Phi) is 3.37. The number of rotatable bonds is 2. The average molecular weight is 293 g/mol. The summed E-state index contributed by atoms with van der Waals surface area (Å²) in [5.74, 6) is 1.93. The molecule has 0 saturated carbocycles. The third-order valence-electron chi connectivity index (χ3n) is 4.99. The van der Waals surface area contributed by atoms with E-state index in [0.29, 0.717) is 6.04 Å². The predicted molar refractivity (Wildman–Crippen MR) is 80.4 cm³/mol. The molecule has 2 fully saturated rings. The van der Waals surface area contributed by atoms with E-state index in [1.54, 1.807) is 0 Å². The third-order valence-corrected chi connectivity index (χ3v) is 5.21. The van der Waals surface area contributed by atoms with Crippen molar-refractivity contribution in [2.45, 2.75) is 31.8 Å². The van der Waals surface area contributed by atoms with Crippen molar-refractivity contribution >= 4 is 11.6 Å². The van der Waals surface area contributed by atoms with Crippen LogP contribution in [0, 0.1) is 5.92 Å². The van der Waals surface area contributed by atoms with E-state index in [1.165, 1.54) is 37.1 Å². The molecule has 4 heteroatoms. The van der Waals surface area contributed by atoms with Gasteiger partial charge in [-0.2, -0.15) is 0 Å². The fraction of sp³-hybridized carbons (Fsp3) is 0.625. The number of nitrogens with one attached hydrogen (secondary N) is 1. The lowest BCUT2D eigenvalue weighted by atomic mass is 9.91. The molecule has 20 heavy (non-hydrogen) atoms. The normalized spacial score (nSPS) is 29.1. The Balaban J connectivity index is 1.59. The maximum Gasteiger partial charge on any atom is 0.127 e. The van der Waals surface area contributed by atoms with Crippen LogP contribution in [0.1, 0.15) is 24.0 Å². The van der Waals surface area contributed by atoms with Gasteiger partial charge in [0.1, 0.15) is 5.75 Å². The number of halogens is 1. The number of piperidine rings is 1. The molecule has 0 bridgehead atoms. The highest BCUT2D eigenvalue weighted by Crippen LogP contribution is 2.35. The minimum Gasteiger partial charge on any atom is -0.493 e. The number of ether oxygens (including phenoxy) is 1. The van der Waals surface area contributed by atoms with E-state index in [9.17, 15) is 0 Å². The number of hydrogen-bond acceptors (Lipinski definition) is 3. The zero-order valence-corrected chi connectivity index (χ0v) is 12.5. The zero-order valence-electron chi connectivity index (χ0n) is 11.7. The Morgan fingerprint density at radius 1 is 1.35 bits per heavy atom. The molecular weight excluding hydrogens is 272 g/mol. The minimum absolute atomic E-state index is 0.694. The topological polar surface area (TPSA) is 24.5 Å². The van der Waals surface area contributed by atoms with Gasteiger partial charge >= 0.3 is 0 Å². The maximum atomic E-state index is 6.27. The van der Waals surface area contributed by atoms with Gasteiger partial charge in [-0.3, -0.25) is 4.90 Å². The molecule has 0 aromatic heterocycles. The Morgan fingerprint density at radius 3 is 3.25 bits per heavy atom. The lowest BCUT2D eigenvalue weighted by Gasteiger charge is -2.37. The molecule has 0 spiro atoms. The molecule has 3 aliphatic rings. The maximum absolute atomic E-state index is 6.27. The molecule has 1 N–H and O–H groups in total. The van der Waals surface area contributed by atoms with Crippen molar-refractivity contribution in [1.29, 1.82) is 0 Å². The van der Waals surface area contributed by atoms with Crippen molar-refractivity contribution in [2.24, 2.45) is 5.92 Å². The van der Waals surface area contributed by atoms with Crippen molar-refractivity contribution in [1.82, 2.24) is 10.2 Å². The number of fused-ring (bicyclic) bond motifs is 2. The lowest BCUT2D eigenvalue weighted by Crippen LogP contribution is -2.44. The van der Waals surface area contributed by atoms with Gasteiger partial charge in [-0.25, -0.2) is 0 Å². The largest absolute Gasteiger partial charge is 0.493 e. The molecule has 2 atom stereocenters. The molecular formula is C16H21ClN2O. The highest BCUT2D eigenvalue weighted by molar-refractivity contribution is 6.30. The molecule has 4 rings (SSSR count). The van der Waals surface area contributed by atoms with Gasteiger partial charge in [0.25, 0.3) is 0 Å². The van der Waals surface area contributed by atoms with Gasteiger partial charge in [-0.15, -0.1) is 0 Å². The van der Waals surface area contributed by atoms with Crippen LogP contribution in [0.3, 0.4) is 0 Å². The first-order valence-electron chi connectivity index (χ1n) is 7.70. The molecule has 2 saturated heterocycles.